The summed E-state index contributed by atoms with van der Waals surface area (Å²) in [5, 5.41) is 5.15. The maximum atomic E-state index is 2.42. The zero-order chi connectivity index (χ0) is 23.2. The van der Waals surface area contributed by atoms with Crippen molar-refractivity contribution in [1.82, 2.24) is 4.57 Å². The van der Waals surface area contributed by atoms with Crippen LogP contribution in [0.3, 0.4) is 0 Å². The summed E-state index contributed by atoms with van der Waals surface area (Å²) in [5.74, 6) is 0. The highest BCUT2D eigenvalue weighted by Crippen LogP contribution is 2.38. The van der Waals surface area contributed by atoms with Crippen LogP contribution in [-0.4, -0.2) is 4.57 Å². The Morgan fingerprint density at radius 2 is 0.971 bits per heavy atom. The van der Waals surface area contributed by atoms with E-state index >= 15 is 0 Å². The second kappa shape index (κ2) is 8.00. The molecule has 7 rings (SSSR count). The van der Waals surface area contributed by atoms with Gasteiger partial charge in [-0.05, 0) is 57.3 Å². The summed E-state index contributed by atoms with van der Waals surface area (Å²) in [5.41, 5.74) is 8.55. The smallest absolute Gasteiger partial charge is 0.0547 e. The van der Waals surface area contributed by atoms with Gasteiger partial charge in [-0.2, -0.15) is 0 Å². The summed E-state index contributed by atoms with van der Waals surface area (Å²) in [7, 11) is 0. The van der Waals surface area contributed by atoms with E-state index in [0.29, 0.717) is 0 Å². The molecule has 0 aliphatic carbocycles. The second-order valence-corrected chi connectivity index (χ2v) is 9.03. The molecule has 35 heavy (non-hydrogen) atoms. The van der Waals surface area contributed by atoms with Crippen LogP contribution in [0.1, 0.15) is 0 Å². The van der Waals surface area contributed by atoms with E-state index in [1.54, 1.807) is 0 Å². The molecular weight excluding hydrogens is 422 g/mol. The van der Waals surface area contributed by atoms with Gasteiger partial charge in [-0.1, -0.05) is 115 Å². The first-order valence-electron chi connectivity index (χ1n) is 12.0. The topological polar surface area (TPSA) is 4.93 Å². The zero-order valence-corrected chi connectivity index (χ0v) is 19.2. The lowest BCUT2D eigenvalue weighted by Gasteiger charge is -2.10. The van der Waals surface area contributed by atoms with Crippen molar-refractivity contribution < 1.29 is 0 Å². The largest absolute Gasteiger partial charge is 0.309 e. The normalized spacial score (nSPS) is 11.4. The van der Waals surface area contributed by atoms with Gasteiger partial charge in [-0.3, -0.25) is 0 Å². The Labute approximate surface area is 204 Å². The predicted octanol–water partition coefficient (Wildman–Crippen LogP) is 9.27. The molecule has 0 atom stereocenters. The molecule has 0 bridgehead atoms. The van der Waals surface area contributed by atoms with Crippen LogP contribution in [0.5, 0.6) is 0 Å². The molecular formula is C34H23N. The van der Waals surface area contributed by atoms with Gasteiger partial charge in [0.1, 0.15) is 0 Å². The van der Waals surface area contributed by atoms with Crippen molar-refractivity contribution in [1.29, 1.82) is 0 Å². The van der Waals surface area contributed by atoms with Crippen LogP contribution < -0.4 is 0 Å². The van der Waals surface area contributed by atoms with E-state index in [-0.39, 0.29) is 0 Å². The van der Waals surface area contributed by atoms with E-state index in [4.69, 9.17) is 0 Å². The van der Waals surface area contributed by atoms with Crippen molar-refractivity contribution in [3.05, 3.63) is 140 Å². The molecule has 0 amide bonds. The van der Waals surface area contributed by atoms with E-state index in [1.807, 2.05) is 0 Å². The Morgan fingerprint density at radius 3 is 1.71 bits per heavy atom. The minimum atomic E-state index is 1.17. The molecule has 0 fully saturated rings. The third-order valence-electron chi connectivity index (χ3n) is 7.00. The molecule has 0 spiro atoms. The van der Waals surface area contributed by atoms with E-state index in [1.165, 1.54) is 60.5 Å². The van der Waals surface area contributed by atoms with E-state index in [2.05, 4.69) is 144 Å². The van der Waals surface area contributed by atoms with Gasteiger partial charge in [0.05, 0.1) is 11.0 Å². The maximum Gasteiger partial charge on any atom is 0.0547 e. The van der Waals surface area contributed by atoms with Gasteiger partial charge in [0.2, 0.25) is 0 Å². The number of benzene rings is 6. The highest BCUT2D eigenvalue weighted by molar-refractivity contribution is 6.21. The molecule has 0 saturated heterocycles. The minimum Gasteiger partial charge on any atom is -0.309 e. The van der Waals surface area contributed by atoms with Gasteiger partial charge in [-0.15, -0.1) is 0 Å². The van der Waals surface area contributed by atoms with E-state index in [0.717, 1.165) is 0 Å². The number of nitrogens with zero attached hydrogens (tertiary/aromatic N) is 1. The molecule has 0 aliphatic heterocycles. The zero-order valence-electron chi connectivity index (χ0n) is 19.2. The third kappa shape index (κ3) is 3.25. The summed E-state index contributed by atoms with van der Waals surface area (Å²) in [6.07, 6.45) is 0. The fraction of sp³-hybridized carbons (Fsp3) is 0. The van der Waals surface area contributed by atoms with E-state index in [9.17, 15) is 0 Å². The number of hydrogen-bond acceptors (Lipinski definition) is 0. The fourth-order valence-electron chi connectivity index (χ4n) is 5.31. The molecule has 1 heterocycles. The van der Waals surface area contributed by atoms with Crippen LogP contribution >= 0.6 is 0 Å². The van der Waals surface area contributed by atoms with Gasteiger partial charge in [-0.25, -0.2) is 0 Å². The molecule has 0 aliphatic rings. The summed E-state index contributed by atoms with van der Waals surface area (Å²) in [6, 6.07) is 50.2. The number of hydrogen-bond donors (Lipinski definition) is 0. The lowest BCUT2D eigenvalue weighted by Crippen LogP contribution is -1.94. The standard InChI is InChI=1S/C34H23N/c1-3-9-24(10-4-1)26-15-19-29(20-16-26)35-32-22-18-27-13-7-8-14-30(27)34(32)31-21-17-28(23-33(31)35)25-11-5-2-6-12-25/h1-23H. The third-order valence-corrected chi connectivity index (χ3v) is 7.00. The summed E-state index contributed by atoms with van der Waals surface area (Å²) < 4.78 is 2.42. The van der Waals surface area contributed by atoms with Gasteiger partial charge < -0.3 is 4.57 Å². The molecule has 0 saturated carbocycles. The molecule has 6 aromatic carbocycles. The Hall–Kier alpha value is -4.62. The molecule has 164 valence electrons. The van der Waals surface area contributed by atoms with E-state index < -0.39 is 0 Å². The first-order valence-corrected chi connectivity index (χ1v) is 12.0. The molecule has 0 N–H and O–H groups in total. The van der Waals surface area contributed by atoms with Crippen LogP contribution in [0.25, 0.3) is 60.5 Å². The van der Waals surface area contributed by atoms with Crippen LogP contribution in [-0.2, 0) is 0 Å². The number of aromatic nitrogens is 1. The predicted molar refractivity (Wildman–Crippen MR) is 149 cm³/mol. The molecule has 1 nitrogen and oxygen atoms in total. The van der Waals surface area contributed by atoms with Crippen molar-refractivity contribution >= 4 is 32.6 Å². The summed E-state index contributed by atoms with van der Waals surface area (Å²) >= 11 is 0. The van der Waals surface area contributed by atoms with Gasteiger partial charge in [0.25, 0.3) is 0 Å². The van der Waals surface area contributed by atoms with Crippen molar-refractivity contribution in [3.63, 3.8) is 0 Å². The average Bonchev–Trinajstić information content (AvgIpc) is 3.28. The molecule has 0 radical (unpaired) electrons. The minimum absolute atomic E-state index is 1.17. The van der Waals surface area contributed by atoms with Crippen molar-refractivity contribution in [2.24, 2.45) is 0 Å². The quantitative estimate of drug-likeness (QED) is 0.255. The Bertz CT molecular complexity index is 1810. The maximum absolute atomic E-state index is 2.42. The average molecular weight is 446 g/mol. The monoisotopic (exact) mass is 445 g/mol. The van der Waals surface area contributed by atoms with Gasteiger partial charge in [0, 0.05) is 16.5 Å². The second-order valence-electron chi connectivity index (χ2n) is 9.03. The molecule has 1 aromatic heterocycles. The van der Waals surface area contributed by atoms with Crippen LogP contribution in [0.15, 0.2) is 140 Å². The first-order chi connectivity index (χ1) is 17.4. The van der Waals surface area contributed by atoms with Crippen molar-refractivity contribution in [2.45, 2.75) is 0 Å². The molecule has 1 heteroatoms. The SMILES string of the molecule is c1ccc(-c2ccc(-n3c4cc(-c5ccccc5)ccc4c4c5ccccc5ccc43)cc2)cc1. The molecule has 7 aromatic rings. The first kappa shape index (κ1) is 19.8. The summed E-state index contributed by atoms with van der Waals surface area (Å²) in [6.45, 7) is 0. The highest BCUT2D eigenvalue weighted by Gasteiger charge is 2.15. The molecule has 0 unspecified atom stereocenters. The number of rotatable bonds is 3. The Kier molecular flexibility index (Phi) is 4.53. The lowest BCUT2D eigenvalue weighted by atomic mass is 10.0. The lowest BCUT2D eigenvalue weighted by molar-refractivity contribution is 1.18. The highest BCUT2D eigenvalue weighted by atomic mass is 15.0. The fourth-order valence-corrected chi connectivity index (χ4v) is 5.31. The number of fused-ring (bicyclic) bond motifs is 5. The Morgan fingerprint density at radius 1 is 0.371 bits per heavy atom. The van der Waals surface area contributed by atoms with Crippen LogP contribution in [0.2, 0.25) is 0 Å². The van der Waals surface area contributed by atoms with Crippen molar-refractivity contribution in [3.8, 4) is 27.9 Å². The van der Waals surface area contributed by atoms with Gasteiger partial charge >= 0.3 is 0 Å². The Balaban J connectivity index is 1.52. The van der Waals surface area contributed by atoms with Crippen molar-refractivity contribution in [2.75, 3.05) is 0 Å². The van der Waals surface area contributed by atoms with Crippen LogP contribution in [0, 0.1) is 0 Å². The van der Waals surface area contributed by atoms with Gasteiger partial charge in [0.15, 0.2) is 0 Å². The summed E-state index contributed by atoms with van der Waals surface area (Å²) in [4.78, 5) is 0. The van der Waals surface area contributed by atoms with Crippen LogP contribution in [0.4, 0.5) is 0 Å².